The number of methoxy groups -OCH3 is 1. The van der Waals surface area contributed by atoms with Crippen molar-refractivity contribution in [3.05, 3.63) is 53.5 Å². The van der Waals surface area contributed by atoms with Crippen molar-refractivity contribution < 1.29 is 23.1 Å². The molecular weight excluding hydrogens is 327 g/mol. The fraction of sp³-hybridized carbons (Fsp3) is 0.389. The number of esters is 1. The van der Waals surface area contributed by atoms with E-state index in [0.717, 1.165) is 19.3 Å². The van der Waals surface area contributed by atoms with E-state index in [1.165, 1.54) is 36.5 Å². The lowest BCUT2D eigenvalue weighted by Crippen LogP contribution is -2.32. The molecule has 2 rings (SSSR count). The molecule has 134 valence electrons. The molecule has 0 radical (unpaired) electrons. The number of ether oxygens (including phenoxy) is 1. The van der Waals surface area contributed by atoms with E-state index in [1.807, 2.05) is 0 Å². The van der Waals surface area contributed by atoms with Crippen molar-refractivity contribution in [3.63, 3.8) is 0 Å². The lowest BCUT2D eigenvalue weighted by atomic mass is 10.1. The summed E-state index contributed by atoms with van der Waals surface area (Å²) in [7, 11) is 1.25. The van der Waals surface area contributed by atoms with Crippen LogP contribution in [-0.4, -0.2) is 35.4 Å². The third-order valence-corrected chi connectivity index (χ3v) is 3.70. The van der Waals surface area contributed by atoms with E-state index in [9.17, 15) is 14.0 Å². The first-order chi connectivity index (χ1) is 12.1. The van der Waals surface area contributed by atoms with E-state index < -0.39 is 17.7 Å². The molecule has 0 spiro atoms. The van der Waals surface area contributed by atoms with Gasteiger partial charge < -0.3 is 14.1 Å². The summed E-state index contributed by atoms with van der Waals surface area (Å²) >= 11 is 0. The van der Waals surface area contributed by atoms with E-state index in [4.69, 9.17) is 4.42 Å². The quantitative estimate of drug-likeness (QED) is 0.540. The van der Waals surface area contributed by atoms with Crippen LogP contribution in [0.2, 0.25) is 0 Å². The molecule has 1 aromatic carbocycles. The average molecular weight is 348 g/mol. The van der Waals surface area contributed by atoms with Crippen LogP contribution in [0.15, 0.2) is 34.9 Å². The molecule has 1 aromatic heterocycles. The number of oxazole rings is 1. The van der Waals surface area contributed by atoms with Gasteiger partial charge in [-0.05, 0) is 18.6 Å². The highest BCUT2D eigenvalue weighted by Crippen LogP contribution is 2.15. The van der Waals surface area contributed by atoms with Gasteiger partial charge in [0.25, 0.3) is 5.91 Å². The molecule has 0 N–H and O–H groups in total. The molecule has 7 heteroatoms. The Morgan fingerprint density at radius 1 is 1.28 bits per heavy atom. The first-order valence-electron chi connectivity index (χ1n) is 8.13. The third kappa shape index (κ3) is 4.89. The molecule has 0 atom stereocenters. The number of hydrogen-bond acceptors (Lipinski definition) is 5. The van der Waals surface area contributed by atoms with Gasteiger partial charge in [-0.3, -0.25) is 4.79 Å². The van der Waals surface area contributed by atoms with Crippen LogP contribution in [-0.2, 0) is 11.3 Å². The predicted octanol–water partition coefficient (Wildman–Crippen LogP) is 3.43. The van der Waals surface area contributed by atoms with E-state index in [1.54, 1.807) is 6.07 Å². The number of amides is 1. The number of rotatable bonds is 8. The van der Waals surface area contributed by atoms with Crippen molar-refractivity contribution in [2.45, 2.75) is 32.7 Å². The fourth-order valence-electron chi connectivity index (χ4n) is 2.36. The van der Waals surface area contributed by atoms with Crippen LogP contribution in [0.25, 0.3) is 0 Å². The van der Waals surface area contributed by atoms with Gasteiger partial charge in [0, 0.05) is 6.54 Å². The summed E-state index contributed by atoms with van der Waals surface area (Å²) in [4.78, 5) is 29.6. The molecule has 0 saturated carbocycles. The molecule has 2 aromatic rings. The zero-order valence-corrected chi connectivity index (χ0v) is 14.3. The van der Waals surface area contributed by atoms with Crippen molar-refractivity contribution in [2.75, 3.05) is 13.7 Å². The van der Waals surface area contributed by atoms with Crippen LogP contribution in [0.4, 0.5) is 4.39 Å². The number of aromatic nitrogens is 1. The lowest BCUT2D eigenvalue weighted by Gasteiger charge is -2.21. The molecule has 0 fully saturated rings. The Kier molecular flexibility index (Phi) is 6.68. The summed E-state index contributed by atoms with van der Waals surface area (Å²) in [6.07, 6.45) is 3.90. The topological polar surface area (TPSA) is 72.6 Å². The van der Waals surface area contributed by atoms with Gasteiger partial charge >= 0.3 is 5.97 Å². The predicted molar refractivity (Wildman–Crippen MR) is 88.5 cm³/mol. The first kappa shape index (κ1) is 18.6. The van der Waals surface area contributed by atoms with Gasteiger partial charge in [0.2, 0.25) is 5.89 Å². The molecular formula is C18H21FN2O4. The second-order valence-electron chi connectivity index (χ2n) is 5.53. The van der Waals surface area contributed by atoms with Crippen molar-refractivity contribution in [1.29, 1.82) is 0 Å². The Hall–Kier alpha value is -2.70. The summed E-state index contributed by atoms with van der Waals surface area (Å²) in [6, 6.07) is 5.84. The summed E-state index contributed by atoms with van der Waals surface area (Å²) in [5.74, 6) is -1.43. The number of halogens is 1. The maximum atomic E-state index is 13.9. The fourth-order valence-corrected chi connectivity index (χ4v) is 2.36. The summed E-state index contributed by atoms with van der Waals surface area (Å²) < 4.78 is 23.8. The standard InChI is InChI=1S/C18H21FN2O4/c1-3-4-7-10-21(17(22)13-8-5-6-9-14(13)19)11-16-20-15(12-25-16)18(23)24-2/h5-6,8-9,12H,3-4,7,10-11H2,1-2H3. The van der Waals surface area contributed by atoms with Gasteiger partial charge in [0.1, 0.15) is 12.1 Å². The van der Waals surface area contributed by atoms with Gasteiger partial charge in [-0.1, -0.05) is 31.9 Å². The number of benzene rings is 1. The van der Waals surface area contributed by atoms with Gasteiger partial charge in [0.05, 0.1) is 19.2 Å². The normalized spacial score (nSPS) is 10.5. The Morgan fingerprint density at radius 2 is 2.04 bits per heavy atom. The Bertz CT molecular complexity index is 729. The molecule has 0 unspecified atom stereocenters. The molecule has 6 nitrogen and oxygen atoms in total. The van der Waals surface area contributed by atoms with Crippen molar-refractivity contribution >= 4 is 11.9 Å². The molecule has 0 aliphatic heterocycles. The highest BCUT2D eigenvalue weighted by molar-refractivity contribution is 5.94. The zero-order chi connectivity index (χ0) is 18.2. The molecule has 1 heterocycles. The highest BCUT2D eigenvalue weighted by Gasteiger charge is 2.22. The van der Waals surface area contributed by atoms with Gasteiger partial charge in [-0.25, -0.2) is 14.2 Å². The minimum atomic E-state index is -0.618. The summed E-state index contributed by atoms with van der Waals surface area (Å²) in [6.45, 7) is 2.55. The minimum Gasteiger partial charge on any atom is -0.464 e. The summed E-state index contributed by atoms with van der Waals surface area (Å²) in [5.41, 5.74) is 0.0306. The van der Waals surface area contributed by atoms with E-state index in [-0.39, 0.29) is 23.7 Å². The molecule has 25 heavy (non-hydrogen) atoms. The van der Waals surface area contributed by atoms with Crippen LogP contribution < -0.4 is 0 Å². The average Bonchev–Trinajstić information content (AvgIpc) is 3.09. The molecule has 0 aliphatic carbocycles. The zero-order valence-electron chi connectivity index (χ0n) is 14.3. The largest absolute Gasteiger partial charge is 0.464 e. The third-order valence-electron chi connectivity index (χ3n) is 3.70. The van der Waals surface area contributed by atoms with Gasteiger partial charge in [0.15, 0.2) is 5.69 Å². The molecule has 0 saturated heterocycles. The minimum absolute atomic E-state index is 0.00116. The van der Waals surface area contributed by atoms with Crippen LogP contribution in [0.3, 0.4) is 0 Å². The smallest absolute Gasteiger partial charge is 0.360 e. The van der Waals surface area contributed by atoms with E-state index in [2.05, 4.69) is 16.6 Å². The maximum absolute atomic E-state index is 13.9. The van der Waals surface area contributed by atoms with Gasteiger partial charge in [-0.15, -0.1) is 0 Å². The Morgan fingerprint density at radius 3 is 2.72 bits per heavy atom. The monoisotopic (exact) mass is 348 g/mol. The van der Waals surface area contributed by atoms with Crippen molar-refractivity contribution in [3.8, 4) is 0 Å². The SMILES string of the molecule is CCCCCN(Cc1nc(C(=O)OC)co1)C(=O)c1ccccc1F. The molecule has 1 amide bonds. The number of unbranched alkanes of at least 4 members (excludes halogenated alkanes) is 2. The Balaban J connectivity index is 2.17. The highest BCUT2D eigenvalue weighted by atomic mass is 19.1. The second kappa shape index (κ2) is 8.96. The second-order valence-corrected chi connectivity index (χ2v) is 5.53. The van der Waals surface area contributed by atoms with E-state index in [0.29, 0.717) is 6.54 Å². The lowest BCUT2D eigenvalue weighted by molar-refractivity contribution is 0.0594. The number of nitrogens with zero attached hydrogens (tertiary/aromatic N) is 2. The molecule has 0 aliphatic rings. The van der Waals surface area contributed by atoms with Gasteiger partial charge in [-0.2, -0.15) is 0 Å². The van der Waals surface area contributed by atoms with Crippen LogP contribution in [0.1, 0.15) is 52.9 Å². The number of hydrogen-bond donors (Lipinski definition) is 0. The van der Waals surface area contributed by atoms with E-state index >= 15 is 0 Å². The Labute approximate surface area is 145 Å². The van der Waals surface area contributed by atoms with Crippen LogP contribution >= 0.6 is 0 Å². The first-order valence-corrected chi connectivity index (χ1v) is 8.13. The number of carbonyl (C=O) groups is 2. The maximum Gasteiger partial charge on any atom is 0.360 e. The van der Waals surface area contributed by atoms with Crippen molar-refractivity contribution in [1.82, 2.24) is 9.88 Å². The molecule has 0 bridgehead atoms. The van der Waals surface area contributed by atoms with Crippen LogP contribution in [0, 0.1) is 5.82 Å². The van der Waals surface area contributed by atoms with Crippen LogP contribution in [0.5, 0.6) is 0 Å². The van der Waals surface area contributed by atoms with Crippen molar-refractivity contribution in [2.24, 2.45) is 0 Å². The number of carbonyl (C=O) groups excluding carboxylic acids is 2. The summed E-state index contributed by atoms with van der Waals surface area (Å²) in [5, 5.41) is 0.